The van der Waals surface area contributed by atoms with Crippen molar-refractivity contribution in [1.82, 2.24) is 0 Å². The first-order valence-electron chi connectivity index (χ1n) is 5.77. The number of hydrogen-bond acceptors (Lipinski definition) is 3. The number of hydrogen-bond donors (Lipinski definition) is 0. The van der Waals surface area contributed by atoms with Crippen molar-refractivity contribution in [3.05, 3.63) is 34.9 Å². The smallest absolute Gasteiger partial charge is 0.306 e. The molecule has 0 aromatic heterocycles. The largest absolute Gasteiger partial charge is 0.466 e. The van der Waals surface area contributed by atoms with Crippen molar-refractivity contribution < 1.29 is 9.53 Å². The summed E-state index contributed by atoms with van der Waals surface area (Å²) < 4.78 is 4.88. The topological polar surface area (TPSA) is 50.1 Å². The summed E-state index contributed by atoms with van der Waals surface area (Å²) in [5.41, 5.74) is 3.21. The molecule has 0 bridgehead atoms. The average Bonchev–Trinajstić information content (AvgIpc) is 2.26. The molecule has 0 aliphatic heterocycles. The van der Waals surface area contributed by atoms with Crippen molar-refractivity contribution in [2.24, 2.45) is 0 Å². The molecule has 1 aromatic rings. The number of nitriles is 1. The van der Waals surface area contributed by atoms with Gasteiger partial charge >= 0.3 is 5.97 Å². The Balaban J connectivity index is 2.65. The Labute approximate surface area is 102 Å². The van der Waals surface area contributed by atoms with E-state index in [2.05, 4.69) is 6.07 Å². The lowest BCUT2D eigenvalue weighted by Crippen LogP contribution is -2.05. The van der Waals surface area contributed by atoms with Crippen LogP contribution in [0.15, 0.2) is 18.2 Å². The fourth-order valence-electron chi connectivity index (χ4n) is 1.77. The Bertz CT molecular complexity index is 432. The highest BCUT2D eigenvalue weighted by atomic mass is 16.5. The summed E-state index contributed by atoms with van der Waals surface area (Å²) in [7, 11) is 0. The minimum absolute atomic E-state index is 0.171. The number of esters is 1. The summed E-state index contributed by atoms with van der Waals surface area (Å²) in [6.45, 7) is 4.22. The molecule has 0 aliphatic carbocycles. The highest BCUT2D eigenvalue weighted by Crippen LogP contribution is 2.12. The maximum atomic E-state index is 11.2. The molecule has 0 amide bonds. The van der Waals surface area contributed by atoms with E-state index < -0.39 is 0 Å². The van der Waals surface area contributed by atoms with E-state index in [9.17, 15) is 4.79 Å². The summed E-state index contributed by atoms with van der Waals surface area (Å²) in [6.07, 6.45) is 1.47. The van der Waals surface area contributed by atoms with Gasteiger partial charge in [-0.2, -0.15) is 5.26 Å². The number of carbonyl (C=O) groups excluding carboxylic acids is 1. The maximum absolute atomic E-state index is 11.2. The van der Waals surface area contributed by atoms with Crippen LogP contribution in [0, 0.1) is 18.3 Å². The lowest BCUT2D eigenvalue weighted by atomic mass is 10.0. The van der Waals surface area contributed by atoms with E-state index in [0.29, 0.717) is 25.9 Å². The van der Waals surface area contributed by atoms with Crippen LogP contribution < -0.4 is 0 Å². The number of nitrogens with zero attached hydrogens (tertiary/aromatic N) is 1. The third-order valence-corrected chi connectivity index (χ3v) is 2.40. The minimum atomic E-state index is -0.171. The van der Waals surface area contributed by atoms with Gasteiger partial charge in [0, 0.05) is 6.42 Å². The summed E-state index contributed by atoms with van der Waals surface area (Å²) in [4.78, 5) is 11.2. The van der Waals surface area contributed by atoms with E-state index in [-0.39, 0.29) is 5.97 Å². The molecule has 0 spiro atoms. The molecule has 0 atom stereocenters. The Morgan fingerprint density at radius 2 is 2.06 bits per heavy atom. The highest BCUT2D eigenvalue weighted by Gasteiger charge is 2.04. The van der Waals surface area contributed by atoms with E-state index in [1.807, 2.05) is 25.1 Å². The van der Waals surface area contributed by atoms with Gasteiger partial charge in [0.2, 0.25) is 0 Å². The normalized spacial score (nSPS) is 9.71. The van der Waals surface area contributed by atoms with Crippen LogP contribution in [0.2, 0.25) is 0 Å². The quantitative estimate of drug-likeness (QED) is 0.732. The predicted octanol–water partition coefficient (Wildman–Crippen LogP) is 2.56. The van der Waals surface area contributed by atoms with Gasteiger partial charge in [0.15, 0.2) is 0 Å². The van der Waals surface area contributed by atoms with E-state index in [0.717, 1.165) is 16.7 Å². The zero-order chi connectivity index (χ0) is 12.7. The van der Waals surface area contributed by atoms with E-state index >= 15 is 0 Å². The Morgan fingerprint density at radius 1 is 1.35 bits per heavy atom. The fourth-order valence-corrected chi connectivity index (χ4v) is 1.77. The predicted molar refractivity (Wildman–Crippen MR) is 65.5 cm³/mol. The second-order valence-corrected chi connectivity index (χ2v) is 3.97. The minimum Gasteiger partial charge on any atom is -0.466 e. The van der Waals surface area contributed by atoms with Gasteiger partial charge < -0.3 is 4.74 Å². The van der Waals surface area contributed by atoms with Crippen LogP contribution in [0.3, 0.4) is 0 Å². The van der Waals surface area contributed by atoms with E-state index in [1.165, 1.54) is 0 Å². The molecule has 0 N–H and O–H groups in total. The molecule has 0 saturated heterocycles. The van der Waals surface area contributed by atoms with Gasteiger partial charge in [-0.05, 0) is 31.4 Å². The average molecular weight is 231 g/mol. The second kappa shape index (κ2) is 6.70. The third-order valence-electron chi connectivity index (χ3n) is 2.40. The molecule has 0 radical (unpaired) electrons. The van der Waals surface area contributed by atoms with Crippen molar-refractivity contribution in [3.8, 4) is 6.07 Å². The van der Waals surface area contributed by atoms with Gasteiger partial charge in [-0.3, -0.25) is 4.79 Å². The second-order valence-electron chi connectivity index (χ2n) is 3.97. The zero-order valence-corrected chi connectivity index (χ0v) is 10.3. The molecular weight excluding hydrogens is 214 g/mol. The molecule has 1 aromatic carbocycles. The van der Waals surface area contributed by atoms with Gasteiger partial charge in [0.1, 0.15) is 0 Å². The van der Waals surface area contributed by atoms with Crippen molar-refractivity contribution in [3.63, 3.8) is 0 Å². The standard InChI is InChI=1S/C14H17NO2/c1-3-17-14(16)5-4-12-8-11(2)9-13(10-12)6-7-15/h8-10H,3-6H2,1-2H3. The van der Waals surface area contributed by atoms with Crippen molar-refractivity contribution in [2.75, 3.05) is 6.61 Å². The van der Waals surface area contributed by atoms with Gasteiger partial charge in [0.05, 0.1) is 19.1 Å². The fraction of sp³-hybridized carbons (Fsp3) is 0.429. The summed E-state index contributed by atoms with van der Waals surface area (Å²) in [5, 5.41) is 8.67. The van der Waals surface area contributed by atoms with Gasteiger partial charge in [-0.1, -0.05) is 23.8 Å². The first-order chi connectivity index (χ1) is 8.15. The van der Waals surface area contributed by atoms with Crippen molar-refractivity contribution in [2.45, 2.75) is 33.1 Å². The number of carbonyl (C=O) groups is 1. The first-order valence-corrected chi connectivity index (χ1v) is 5.77. The van der Waals surface area contributed by atoms with Crippen LogP contribution in [0.25, 0.3) is 0 Å². The van der Waals surface area contributed by atoms with Crippen LogP contribution in [0.5, 0.6) is 0 Å². The SMILES string of the molecule is CCOC(=O)CCc1cc(C)cc(CC#N)c1. The van der Waals surface area contributed by atoms with Crippen LogP contribution in [-0.2, 0) is 22.4 Å². The molecule has 0 aliphatic rings. The van der Waals surface area contributed by atoms with Gasteiger partial charge in [-0.15, -0.1) is 0 Å². The van der Waals surface area contributed by atoms with Crippen LogP contribution >= 0.6 is 0 Å². The van der Waals surface area contributed by atoms with Crippen LogP contribution in [0.1, 0.15) is 30.0 Å². The lowest BCUT2D eigenvalue weighted by Gasteiger charge is -2.05. The molecule has 1 rings (SSSR count). The maximum Gasteiger partial charge on any atom is 0.306 e. The van der Waals surface area contributed by atoms with E-state index in [1.54, 1.807) is 6.92 Å². The highest BCUT2D eigenvalue weighted by molar-refractivity contribution is 5.69. The molecule has 0 heterocycles. The molecule has 0 fully saturated rings. The third kappa shape index (κ3) is 4.69. The zero-order valence-electron chi connectivity index (χ0n) is 10.3. The number of rotatable bonds is 5. The molecular formula is C14H17NO2. The molecule has 0 saturated carbocycles. The number of benzene rings is 1. The van der Waals surface area contributed by atoms with Crippen molar-refractivity contribution >= 4 is 5.97 Å². The molecule has 3 heteroatoms. The Kier molecular flexibility index (Phi) is 5.22. The van der Waals surface area contributed by atoms with Gasteiger partial charge in [0.25, 0.3) is 0 Å². The summed E-state index contributed by atoms with van der Waals surface area (Å²) in [5.74, 6) is -0.171. The lowest BCUT2D eigenvalue weighted by molar-refractivity contribution is -0.143. The number of ether oxygens (including phenoxy) is 1. The monoisotopic (exact) mass is 231 g/mol. The first kappa shape index (κ1) is 13.2. The number of aryl methyl sites for hydroxylation is 2. The molecule has 90 valence electrons. The summed E-state index contributed by atoms with van der Waals surface area (Å²) >= 11 is 0. The Morgan fingerprint density at radius 3 is 2.71 bits per heavy atom. The Hall–Kier alpha value is -1.82. The van der Waals surface area contributed by atoms with Crippen molar-refractivity contribution in [1.29, 1.82) is 5.26 Å². The summed E-state index contributed by atoms with van der Waals surface area (Å²) in [6, 6.07) is 8.15. The van der Waals surface area contributed by atoms with Crippen LogP contribution in [0.4, 0.5) is 0 Å². The molecule has 3 nitrogen and oxygen atoms in total. The van der Waals surface area contributed by atoms with Crippen LogP contribution in [-0.4, -0.2) is 12.6 Å². The van der Waals surface area contributed by atoms with E-state index in [4.69, 9.17) is 10.00 Å². The van der Waals surface area contributed by atoms with Gasteiger partial charge in [-0.25, -0.2) is 0 Å². The molecule has 0 unspecified atom stereocenters. The molecule has 17 heavy (non-hydrogen) atoms.